The van der Waals surface area contributed by atoms with Crippen molar-refractivity contribution in [1.29, 1.82) is 0 Å². The van der Waals surface area contributed by atoms with E-state index in [9.17, 15) is 4.79 Å². The predicted octanol–water partition coefficient (Wildman–Crippen LogP) is 3.62. The molecule has 4 rings (SSSR count). The van der Waals surface area contributed by atoms with Gasteiger partial charge in [-0.25, -0.2) is 0 Å². The number of hydrogen-bond donors (Lipinski definition) is 1. The fraction of sp³-hybridized carbons (Fsp3) is 0.421. The zero-order chi connectivity index (χ0) is 17.9. The van der Waals surface area contributed by atoms with Crippen molar-refractivity contribution >= 4 is 17.5 Å². The maximum Gasteiger partial charge on any atom is 0.251 e. The number of fused-ring (bicyclic) bond motifs is 1. The van der Waals surface area contributed by atoms with E-state index in [0.29, 0.717) is 28.6 Å². The van der Waals surface area contributed by atoms with Crippen LogP contribution in [0.2, 0.25) is 5.02 Å². The number of benzene rings is 1. The molecule has 7 heteroatoms. The molecule has 0 radical (unpaired) electrons. The average Bonchev–Trinajstić information content (AvgIpc) is 3.34. The Bertz CT molecular complexity index is 772. The second kappa shape index (κ2) is 7.60. The highest BCUT2D eigenvalue weighted by Crippen LogP contribution is 2.39. The third-order valence-electron chi connectivity index (χ3n) is 4.85. The first-order valence-corrected chi connectivity index (χ1v) is 9.25. The number of piperidine rings is 1. The maximum absolute atomic E-state index is 12.6. The number of carbonyl (C=O) groups is 1. The minimum Gasteiger partial charge on any atom is -0.468 e. The molecule has 3 heterocycles. The van der Waals surface area contributed by atoms with Crippen LogP contribution < -0.4 is 14.8 Å². The molecule has 26 heavy (non-hydrogen) atoms. The smallest absolute Gasteiger partial charge is 0.251 e. The summed E-state index contributed by atoms with van der Waals surface area (Å²) in [5.74, 6) is 1.67. The van der Waals surface area contributed by atoms with E-state index in [-0.39, 0.29) is 18.7 Å². The van der Waals surface area contributed by atoms with Crippen LogP contribution in [-0.2, 0) is 0 Å². The van der Waals surface area contributed by atoms with Gasteiger partial charge in [0.25, 0.3) is 5.91 Å². The molecule has 1 N–H and O–H groups in total. The molecule has 1 saturated heterocycles. The molecule has 0 bridgehead atoms. The Balaban J connectivity index is 1.47. The van der Waals surface area contributed by atoms with Crippen LogP contribution in [0.25, 0.3) is 0 Å². The second-order valence-electron chi connectivity index (χ2n) is 6.53. The van der Waals surface area contributed by atoms with Gasteiger partial charge in [-0.05, 0) is 50.2 Å². The topological polar surface area (TPSA) is 63.9 Å². The normalized spacial score (nSPS) is 17.9. The van der Waals surface area contributed by atoms with Crippen molar-refractivity contribution in [3.8, 4) is 11.5 Å². The first-order valence-electron chi connectivity index (χ1n) is 8.87. The van der Waals surface area contributed by atoms with E-state index < -0.39 is 0 Å². The van der Waals surface area contributed by atoms with Gasteiger partial charge in [0.05, 0.1) is 17.3 Å². The molecule has 0 aliphatic carbocycles. The SMILES string of the molecule is O=C(NCC(c1ccco1)N1CCCCC1)c1cc(Cl)c2c(c1)OCO2. The van der Waals surface area contributed by atoms with E-state index in [1.54, 1.807) is 18.4 Å². The summed E-state index contributed by atoms with van der Waals surface area (Å²) in [7, 11) is 0. The number of carbonyl (C=O) groups excluding carboxylic acids is 1. The van der Waals surface area contributed by atoms with Gasteiger partial charge in [0, 0.05) is 12.1 Å². The lowest BCUT2D eigenvalue weighted by atomic mass is 10.1. The van der Waals surface area contributed by atoms with Crippen LogP contribution in [0.5, 0.6) is 11.5 Å². The Hall–Kier alpha value is -2.18. The zero-order valence-electron chi connectivity index (χ0n) is 14.4. The van der Waals surface area contributed by atoms with Crippen LogP contribution in [0, 0.1) is 0 Å². The van der Waals surface area contributed by atoms with Gasteiger partial charge in [-0.15, -0.1) is 0 Å². The van der Waals surface area contributed by atoms with E-state index >= 15 is 0 Å². The highest BCUT2D eigenvalue weighted by molar-refractivity contribution is 6.32. The molecule has 2 aromatic rings. The molecule has 1 amide bonds. The van der Waals surface area contributed by atoms with Gasteiger partial charge in [0.15, 0.2) is 11.5 Å². The van der Waals surface area contributed by atoms with Crippen LogP contribution in [0.15, 0.2) is 34.9 Å². The number of halogens is 1. The fourth-order valence-corrected chi connectivity index (χ4v) is 3.78. The molecule has 0 spiro atoms. The van der Waals surface area contributed by atoms with Crippen LogP contribution in [-0.4, -0.2) is 37.2 Å². The summed E-state index contributed by atoms with van der Waals surface area (Å²) in [4.78, 5) is 15.0. The number of nitrogens with zero attached hydrogens (tertiary/aromatic N) is 1. The molecule has 2 aliphatic heterocycles. The number of ether oxygens (including phenoxy) is 2. The zero-order valence-corrected chi connectivity index (χ0v) is 15.1. The standard InChI is InChI=1S/C19H21ClN2O4/c20-14-9-13(10-17-18(14)26-12-25-17)19(23)21-11-15(16-5-4-8-24-16)22-6-2-1-3-7-22/h4-5,8-10,15H,1-3,6-7,11-12H2,(H,21,23). The highest BCUT2D eigenvalue weighted by Gasteiger charge is 2.26. The fourth-order valence-electron chi connectivity index (χ4n) is 3.51. The van der Waals surface area contributed by atoms with Crippen LogP contribution in [0.1, 0.15) is 41.4 Å². The summed E-state index contributed by atoms with van der Waals surface area (Å²) in [5.41, 5.74) is 0.455. The molecule has 138 valence electrons. The lowest BCUT2D eigenvalue weighted by molar-refractivity contribution is 0.0913. The summed E-state index contributed by atoms with van der Waals surface area (Å²) < 4.78 is 16.2. The van der Waals surface area contributed by atoms with Crippen LogP contribution in [0.4, 0.5) is 0 Å². The Labute approximate surface area is 157 Å². The minimum atomic E-state index is -0.196. The van der Waals surface area contributed by atoms with Gasteiger partial charge < -0.3 is 19.2 Å². The van der Waals surface area contributed by atoms with Crippen molar-refractivity contribution in [1.82, 2.24) is 10.2 Å². The molecule has 1 unspecified atom stereocenters. The number of hydrogen-bond acceptors (Lipinski definition) is 5. The number of amides is 1. The van der Waals surface area contributed by atoms with E-state index in [1.807, 2.05) is 12.1 Å². The second-order valence-corrected chi connectivity index (χ2v) is 6.94. The lowest BCUT2D eigenvalue weighted by Gasteiger charge is -2.33. The van der Waals surface area contributed by atoms with E-state index in [2.05, 4.69) is 10.2 Å². The number of furan rings is 1. The number of nitrogens with one attached hydrogen (secondary N) is 1. The largest absolute Gasteiger partial charge is 0.468 e. The van der Waals surface area contributed by atoms with E-state index in [4.69, 9.17) is 25.5 Å². The van der Waals surface area contributed by atoms with Gasteiger partial charge in [-0.2, -0.15) is 0 Å². The van der Waals surface area contributed by atoms with E-state index in [0.717, 1.165) is 18.8 Å². The van der Waals surface area contributed by atoms with Gasteiger partial charge in [0.1, 0.15) is 5.76 Å². The Kier molecular flexibility index (Phi) is 5.04. The molecule has 1 fully saturated rings. The molecule has 2 aliphatic rings. The van der Waals surface area contributed by atoms with Crippen molar-refractivity contribution in [3.05, 3.63) is 46.9 Å². The van der Waals surface area contributed by atoms with E-state index in [1.165, 1.54) is 19.3 Å². The summed E-state index contributed by atoms with van der Waals surface area (Å²) in [6.45, 7) is 2.61. The number of rotatable bonds is 5. The quantitative estimate of drug-likeness (QED) is 0.863. The van der Waals surface area contributed by atoms with Gasteiger partial charge in [0.2, 0.25) is 6.79 Å². The van der Waals surface area contributed by atoms with Crippen molar-refractivity contribution < 1.29 is 18.7 Å². The minimum absolute atomic E-state index is 0.0266. The third-order valence-corrected chi connectivity index (χ3v) is 5.13. The molecule has 0 saturated carbocycles. The lowest BCUT2D eigenvalue weighted by Crippen LogP contribution is -2.40. The summed E-state index contributed by atoms with van der Waals surface area (Å²) in [5, 5.41) is 3.39. The molecule has 1 atom stereocenters. The van der Waals surface area contributed by atoms with Crippen LogP contribution in [0.3, 0.4) is 0 Å². The monoisotopic (exact) mass is 376 g/mol. The highest BCUT2D eigenvalue weighted by atomic mass is 35.5. The van der Waals surface area contributed by atoms with Crippen molar-refractivity contribution in [2.45, 2.75) is 25.3 Å². The maximum atomic E-state index is 12.6. The Morgan fingerprint density at radius 1 is 1.23 bits per heavy atom. The van der Waals surface area contributed by atoms with Gasteiger partial charge in [-0.3, -0.25) is 9.69 Å². The van der Waals surface area contributed by atoms with Crippen molar-refractivity contribution in [3.63, 3.8) is 0 Å². The average molecular weight is 377 g/mol. The molecule has 1 aromatic carbocycles. The molecule has 1 aromatic heterocycles. The van der Waals surface area contributed by atoms with Gasteiger partial charge >= 0.3 is 0 Å². The molecular formula is C19H21ClN2O4. The first-order chi connectivity index (χ1) is 12.7. The summed E-state index contributed by atoms with van der Waals surface area (Å²) in [6, 6.07) is 7.13. The van der Waals surface area contributed by atoms with Crippen molar-refractivity contribution in [2.24, 2.45) is 0 Å². The van der Waals surface area contributed by atoms with Crippen molar-refractivity contribution in [2.75, 3.05) is 26.4 Å². The first kappa shape index (κ1) is 17.2. The summed E-state index contributed by atoms with van der Waals surface area (Å²) >= 11 is 6.18. The van der Waals surface area contributed by atoms with Gasteiger partial charge in [-0.1, -0.05) is 18.0 Å². The molecule has 6 nitrogen and oxygen atoms in total. The Morgan fingerprint density at radius 3 is 2.85 bits per heavy atom. The third kappa shape index (κ3) is 3.52. The van der Waals surface area contributed by atoms with Crippen LogP contribution >= 0.6 is 11.6 Å². The molecular weight excluding hydrogens is 356 g/mol. The number of likely N-dealkylation sites (tertiary alicyclic amines) is 1. The predicted molar refractivity (Wildman–Crippen MR) is 96.8 cm³/mol. The summed E-state index contributed by atoms with van der Waals surface area (Å²) in [6.07, 6.45) is 5.26. The Morgan fingerprint density at radius 2 is 2.08 bits per heavy atom.